The topological polar surface area (TPSA) is 66.4 Å². The Morgan fingerprint density at radius 1 is 1.23 bits per heavy atom. The fourth-order valence-corrected chi connectivity index (χ4v) is 1.83. The van der Waals surface area contributed by atoms with E-state index >= 15 is 0 Å². The molecule has 0 aromatic carbocycles. The zero-order valence-electron chi connectivity index (χ0n) is 8.12. The standard InChI is InChI=1S/C8H19NO3S/c1-2-3-4-9-5-7-13(11,12)8-6-10/h9-10H,2-8H2,1H3. The minimum atomic E-state index is -3.03. The van der Waals surface area contributed by atoms with Crippen molar-refractivity contribution in [3.05, 3.63) is 0 Å². The summed E-state index contributed by atoms with van der Waals surface area (Å²) in [7, 11) is -3.03. The number of sulfone groups is 1. The van der Waals surface area contributed by atoms with E-state index in [-0.39, 0.29) is 18.1 Å². The van der Waals surface area contributed by atoms with E-state index in [1.807, 2.05) is 0 Å². The minimum absolute atomic E-state index is 0.122. The quantitative estimate of drug-likeness (QED) is 0.543. The SMILES string of the molecule is CCCCNCCS(=O)(=O)CCO. The number of hydrogen-bond acceptors (Lipinski definition) is 4. The molecule has 4 nitrogen and oxygen atoms in total. The van der Waals surface area contributed by atoms with E-state index in [4.69, 9.17) is 5.11 Å². The maximum atomic E-state index is 11.1. The first-order valence-corrected chi connectivity index (χ1v) is 6.46. The lowest BCUT2D eigenvalue weighted by molar-refractivity contribution is 0.319. The van der Waals surface area contributed by atoms with E-state index in [9.17, 15) is 8.42 Å². The molecule has 0 aliphatic heterocycles. The van der Waals surface area contributed by atoms with Crippen molar-refractivity contribution >= 4 is 9.84 Å². The van der Waals surface area contributed by atoms with Gasteiger partial charge in [-0.1, -0.05) is 13.3 Å². The fourth-order valence-electron chi connectivity index (χ4n) is 0.896. The summed E-state index contributed by atoms with van der Waals surface area (Å²) < 4.78 is 22.1. The first-order valence-electron chi connectivity index (χ1n) is 4.64. The predicted molar refractivity (Wildman–Crippen MR) is 53.5 cm³/mol. The molecular weight excluding hydrogens is 190 g/mol. The molecule has 5 heteroatoms. The lowest BCUT2D eigenvalue weighted by Crippen LogP contribution is -2.26. The van der Waals surface area contributed by atoms with Gasteiger partial charge in [0.1, 0.15) is 0 Å². The third-order valence-corrected chi connectivity index (χ3v) is 3.33. The van der Waals surface area contributed by atoms with Crippen molar-refractivity contribution in [2.75, 3.05) is 31.2 Å². The molecule has 0 radical (unpaired) electrons. The average molecular weight is 209 g/mol. The van der Waals surface area contributed by atoms with Crippen LogP contribution >= 0.6 is 0 Å². The fraction of sp³-hybridized carbons (Fsp3) is 1.00. The smallest absolute Gasteiger partial charge is 0.153 e. The molecule has 80 valence electrons. The van der Waals surface area contributed by atoms with E-state index in [2.05, 4.69) is 12.2 Å². The highest BCUT2D eigenvalue weighted by molar-refractivity contribution is 7.91. The highest BCUT2D eigenvalue weighted by atomic mass is 32.2. The average Bonchev–Trinajstić information content (AvgIpc) is 2.04. The summed E-state index contributed by atoms with van der Waals surface area (Å²) in [4.78, 5) is 0. The Balaban J connectivity index is 3.41. The van der Waals surface area contributed by atoms with Crippen LogP contribution in [-0.4, -0.2) is 44.7 Å². The first-order chi connectivity index (χ1) is 6.12. The van der Waals surface area contributed by atoms with Crippen LogP contribution in [-0.2, 0) is 9.84 Å². The van der Waals surface area contributed by atoms with Crippen molar-refractivity contribution in [3.63, 3.8) is 0 Å². The van der Waals surface area contributed by atoms with Crippen LogP contribution in [0, 0.1) is 0 Å². The Morgan fingerprint density at radius 2 is 1.92 bits per heavy atom. The molecule has 0 unspecified atom stereocenters. The minimum Gasteiger partial charge on any atom is -0.395 e. The zero-order chi connectivity index (χ0) is 10.2. The van der Waals surface area contributed by atoms with Gasteiger partial charge in [-0.05, 0) is 13.0 Å². The molecule has 0 aromatic heterocycles. The molecule has 2 N–H and O–H groups in total. The Hall–Kier alpha value is -0.130. The number of hydrogen-bond donors (Lipinski definition) is 2. The van der Waals surface area contributed by atoms with Crippen LogP contribution in [0.5, 0.6) is 0 Å². The number of aliphatic hydroxyl groups excluding tert-OH is 1. The highest BCUT2D eigenvalue weighted by Gasteiger charge is 2.08. The van der Waals surface area contributed by atoms with Crippen LogP contribution in [0.4, 0.5) is 0 Å². The molecule has 0 aliphatic carbocycles. The number of aliphatic hydroxyl groups is 1. The normalized spacial score (nSPS) is 11.8. The predicted octanol–water partition coefficient (Wildman–Crippen LogP) is -0.217. The molecule has 0 aromatic rings. The van der Waals surface area contributed by atoms with Gasteiger partial charge in [-0.15, -0.1) is 0 Å². The molecule has 13 heavy (non-hydrogen) atoms. The third kappa shape index (κ3) is 8.21. The lowest BCUT2D eigenvalue weighted by Gasteiger charge is -2.03. The molecule has 0 amide bonds. The van der Waals surface area contributed by atoms with E-state index in [1.54, 1.807) is 0 Å². The second-order valence-corrected chi connectivity index (χ2v) is 5.28. The van der Waals surface area contributed by atoms with Crippen LogP contribution < -0.4 is 5.32 Å². The van der Waals surface area contributed by atoms with Crippen LogP contribution in [0.15, 0.2) is 0 Å². The maximum absolute atomic E-state index is 11.1. The van der Waals surface area contributed by atoms with Gasteiger partial charge in [-0.3, -0.25) is 0 Å². The summed E-state index contributed by atoms with van der Waals surface area (Å²) in [5.74, 6) is -0.000266. The van der Waals surface area contributed by atoms with Crippen LogP contribution in [0.3, 0.4) is 0 Å². The van der Waals surface area contributed by atoms with Gasteiger partial charge in [0.2, 0.25) is 0 Å². The van der Waals surface area contributed by atoms with Crippen LogP contribution in [0.25, 0.3) is 0 Å². The first kappa shape index (κ1) is 12.9. The molecule has 0 aliphatic rings. The molecule has 0 rings (SSSR count). The Morgan fingerprint density at radius 3 is 2.46 bits per heavy atom. The summed E-state index contributed by atoms with van der Waals surface area (Å²) in [6.45, 7) is 3.16. The van der Waals surface area contributed by atoms with E-state index in [1.165, 1.54) is 0 Å². The monoisotopic (exact) mass is 209 g/mol. The second kappa shape index (κ2) is 7.29. The van der Waals surface area contributed by atoms with Gasteiger partial charge in [-0.25, -0.2) is 8.42 Å². The molecule has 0 atom stereocenters. The Bertz CT molecular complexity index is 201. The van der Waals surface area contributed by atoms with E-state index in [0.717, 1.165) is 19.4 Å². The van der Waals surface area contributed by atoms with Gasteiger partial charge < -0.3 is 10.4 Å². The van der Waals surface area contributed by atoms with Gasteiger partial charge in [0.15, 0.2) is 9.84 Å². The molecule has 0 spiro atoms. The zero-order valence-corrected chi connectivity index (χ0v) is 8.94. The van der Waals surface area contributed by atoms with E-state index < -0.39 is 9.84 Å². The Labute approximate surface area is 80.3 Å². The summed E-state index contributed by atoms with van der Waals surface area (Å²) in [6.07, 6.45) is 2.18. The number of nitrogens with one attached hydrogen (secondary N) is 1. The van der Waals surface area contributed by atoms with Crippen molar-refractivity contribution in [2.45, 2.75) is 19.8 Å². The van der Waals surface area contributed by atoms with Crippen molar-refractivity contribution in [2.24, 2.45) is 0 Å². The molecule has 0 saturated heterocycles. The summed E-state index contributed by atoms with van der Waals surface area (Å²) in [5.41, 5.74) is 0. The summed E-state index contributed by atoms with van der Waals surface area (Å²) in [5, 5.41) is 11.5. The molecular formula is C8H19NO3S. The van der Waals surface area contributed by atoms with E-state index in [0.29, 0.717) is 6.54 Å². The molecule has 0 heterocycles. The lowest BCUT2D eigenvalue weighted by atomic mass is 10.3. The van der Waals surface area contributed by atoms with Crippen molar-refractivity contribution < 1.29 is 13.5 Å². The largest absolute Gasteiger partial charge is 0.395 e. The molecule has 0 fully saturated rings. The van der Waals surface area contributed by atoms with Gasteiger partial charge in [0, 0.05) is 6.54 Å². The highest BCUT2D eigenvalue weighted by Crippen LogP contribution is 1.88. The van der Waals surface area contributed by atoms with Gasteiger partial charge >= 0.3 is 0 Å². The second-order valence-electron chi connectivity index (χ2n) is 2.98. The van der Waals surface area contributed by atoms with Crippen molar-refractivity contribution in [3.8, 4) is 0 Å². The van der Waals surface area contributed by atoms with Crippen LogP contribution in [0.2, 0.25) is 0 Å². The number of unbranched alkanes of at least 4 members (excludes halogenated alkanes) is 1. The van der Waals surface area contributed by atoms with Gasteiger partial charge in [0.25, 0.3) is 0 Å². The van der Waals surface area contributed by atoms with Crippen molar-refractivity contribution in [1.82, 2.24) is 5.32 Å². The van der Waals surface area contributed by atoms with Crippen LogP contribution in [0.1, 0.15) is 19.8 Å². The third-order valence-electron chi connectivity index (χ3n) is 1.70. The van der Waals surface area contributed by atoms with Gasteiger partial charge in [-0.2, -0.15) is 0 Å². The maximum Gasteiger partial charge on any atom is 0.153 e. The van der Waals surface area contributed by atoms with Gasteiger partial charge in [0.05, 0.1) is 18.1 Å². The molecule has 0 bridgehead atoms. The summed E-state index contributed by atoms with van der Waals surface area (Å²) >= 11 is 0. The summed E-state index contributed by atoms with van der Waals surface area (Å²) in [6, 6.07) is 0. The van der Waals surface area contributed by atoms with Crippen molar-refractivity contribution in [1.29, 1.82) is 0 Å². The Kier molecular flexibility index (Phi) is 7.22. The number of rotatable bonds is 8. The molecule has 0 saturated carbocycles.